The van der Waals surface area contributed by atoms with E-state index >= 15 is 0 Å². The van der Waals surface area contributed by atoms with Crippen LogP contribution in [0.1, 0.15) is 21.5 Å². The molecule has 0 aliphatic carbocycles. The lowest BCUT2D eigenvalue weighted by Crippen LogP contribution is -2.32. The van der Waals surface area contributed by atoms with Crippen LogP contribution in [0.4, 0.5) is 0 Å². The van der Waals surface area contributed by atoms with Crippen molar-refractivity contribution in [2.75, 3.05) is 0 Å². The number of nitrogens with two attached hydrogens (primary N) is 1. The molecule has 2 rings (SSSR count). The molecule has 0 saturated carbocycles. The molecule has 2 aromatic rings. The zero-order chi connectivity index (χ0) is 13.0. The molecule has 1 atom stereocenters. The minimum absolute atomic E-state index is 0.00268. The highest BCUT2D eigenvalue weighted by molar-refractivity contribution is 6.00. The lowest BCUT2D eigenvalue weighted by molar-refractivity contribution is 0.0961. The van der Waals surface area contributed by atoms with Gasteiger partial charge in [-0.15, -0.1) is 0 Å². The van der Waals surface area contributed by atoms with Crippen LogP contribution in [0.2, 0.25) is 0 Å². The van der Waals surface area contributed by atoms with Crippen LogP contribution in [0.5, 0.6) is 0 Å². The number of hydrogen-bond acceptors (Lipinski definition) is 2. The number of rotatable bonds is 4. The number of carbonyl (C=O) groups is 1. The fourth-order valence-corrected chi connectivity index (χ4v) is 2.00. The normalized spacial score (nSPS) is 12.1. The number of benzene rings is 2. The Morgan fingerprint density at radius 1 is 1.11 bits per heavy atom. The second-order valence-electron chi connectivity index (χ2n) is 4.53. The summed E-state index contributed by atoms with van der Waals surface area (Å²) in [7, 11) is 0. The highest BCUT2D eigenvalue weighted by atomic mass is 16.1. The molecule has 0 amide bonds. The smallest absolute Gasteiger partial charge is 0.179 e. The van der Waals surface area contributed by atoms with E-state index in [1.807, 2.05) is 43.3 Å². The quantitative estimate of drug-likeness (QED) is 0.834. The monoisotopic (exact) mass is 239 g/mol. The molecule has 2 N–H and O–H groups in total. The molecular formula is C16H17NO. The van der Waals surface area contributed by atoms with Crippen LogP contribution >= 0.6 is 0 Å². The summed E-state index contributed by atoms with van der Waals surface area (Å²) in [5.74, 6) is -0.00268. The third-order valence-corrected chi connectivity index (χ3v) is 2.93. The molecule has 0 fully saturated rings. The Labute approximate surface area is 107 Å². The standard InChI is InChI=1S/C16H17NO/c1-12-6-5-7-13(10-12)11-15(17)16(18)14-8-3-2-4-9-14/h2-10,15H,11,17H2,1H3. The Hall–Kier alpha value is -1.93. The summed E-state index contributed by atoms with van der Waals surface area (Å²) in [6, 6.07) is 16.8. The maximum Gasteiger partial charge on any atom is 0.179 e. The van der Waals surface area contributed by atoms with Gasteiger partial charge >= 0.3 is 0 Å². The van der Waals surface area contributed by atoms with E-state index in [-0.39, 0.29) is 5.78 Å². The van der Waals surface area contributed by atoms with Crippen molar-refractivity contribution in [1.29, 1.82) is 0 Å². The third kappa shape index (κ3) is 3.05. The van der Waals surface area contributed by atoms with Crippen LogP contribution in [0.15, 0.2) is 54.6 Å². The minimum Gasteiger partial charge on any atom is -0.321 e. The maximum absolute atomic E-state index is 12.1. The average Bonchev–Trinajstić information content (AvgIpc) is 2.39. The fourth-order valence-electron chi connectivity index (χ4n) is 2.00. The molecule has 2 nitrogen and oxygen atoms in total. The number of carbonyl (C=O) groups excluding carboxylic acids is 1. The summed E-state index contributed by atoms with van der Waals surface area (Å²) in [6.07, 6.45) is 0.579. The van der Waals surface area contributed by atoms with Gasteiger partial charge in [0, 0.05) is 5.56 Å². The van der Waals surface area contributed by atoms with Crippen molar-refractivity contribution < 1.29 is 4.79 Å². The van der Waals surface area contributed by atoms with E-state index < -0.39 is 6.04 Å². The number of hydrogen-bond donors (Lipinski definition) is 1. The molecule has 2 heteroatoms. The van der Waals surface area contributed by atoms with Gasteiger partial charge in [-0.2, -0.15) is 0 Å². The van der Waals surface area contributed by atoms with Gasteiger partial charge in [0.25, 0.3) is 0 Å². The molecule has 0 saturated heterocycles. The van der Waals surface area contributed by atoms with Crippen LogP contribution in [0.3, 0.4) is 0 Å². The van der Waals surface area contributed by atoms with E-state index in [9.17, 15) is 4.79 Å². The molecule has 0 heterocycles. The molecule has 0 bridgehead atoms. The molecule has 0 aliphatic heterocycles. The predicted molar refractivity (Wildman–Crippen MR) is 73.6 cm³/mol. The average molecular weight is 239 g/mol. The van der Waals surface area contributed by atoms with E-state index in [0.717, 1.165) is 5.56 Å². The molecule has 1 unspecified atom stereocenters. The Morgan fingerprint density at radius 2 is 1.83 bits per heavy atom. The fraction of sp³-hybridized carbons (Fsp3) is 0.188. The summed E-state index contributed by atoms with van der Waals surface area (Å²) in [5, 5.41) is 0. The van der Waals surface area contributed by atoms with Gasteiger partial charge in [0.2, 0.25) is 0 Å². The van der Waals surface area contributed by atoms with Crippen molar-refractivity contribution in [3.63, 3.8) is 0 Å². The molecule has 92 valence electrons. The Kier molecular flexibility index (Phi) is 3.90. The highest BCUT2D eigenvalue weighted by Gasteiger charge is 2.15. The predicted octanol–water partition coefficient (Wildman–Crippen LogP) is 2.75. The van der Waals surface area contributed by atoms with Crippen molar-refractivity contribution in [3.05, 3.63) is 71.3 Å². The second-order valence-corrected chi connectivity index (χ2v) is 4.53. The van der Waals surface area contributed by atoms with E-state index in [1.165, 1.54) is 5.56 Å². The van der Waals surface area contributed by atoms with Crippen LogP contribution in [-0.4, -0.2) is 11.8 Å². The zero-order valence-electron chi connectivity index (χ0n) is 10.5. The van der Waals surface area contributed by atoms with E-state index in [2.05, 4.69) is 6.07 Å². The van der Waals surface area contributed by atoms with E-state index in [0.29, 0.717) is 12.0 Å². The van der Waals surface area contributed by atoms with Gasteiger partial charge < -0.3 is 5.73 Å². The van der Waals surface area contributed by atoms with Crippen molar-refractivity contribution in [2.24, 2.45) is 5.73 Å². The van der Waals surface area contributed by atoms with Gasteiger partial charge in [-0.25, -0.2) is 0 Å². The minimum atomic E-state index is -0.478. The summed E-state index contributed by atoms with van der Waals surface area (Å²) < 4.78 is 0. The lowest BCUT2D eigenvalue weighted by Gasteiger charge is -2.11. The Bertz CT molecular complexity index is 534. The van der Waals surface area contributed by atoms with E-state index in [1.54, 1.807) is 12.1 Å². The Balaban J connectivity index is 2.09. The van der Waals surface area contributed by atoms with Crippen molar-refractivity contribution >= 4 is 5.78 Å². The number of Topliss-reactive ketones (excluding diaryl/α,β-unsaturated/α-hetero) is 1. The van der Waals surface area contributed by atoms with Crippen molar-refractivity contribution in [2.45, 2.75) is 19.4 Å². The third-order valence-electron chi connectivity index (χ3n) is 2.93. The zero-order valence-corrected chi connectivity index (χ0v) is 10.5. The van der Waals surface area contributed by atoms with Gasteiger partial charge in [-0.3, -0.25) is 4.79 Å². The van der Waals surface area contributed by atoms with Crippen LogP contribution in [0, 0.1) is 6.92 Å². The summed E-state index contributed by atoms with van der Waals surface area (Å²) in [5.41, 5.74) is 8.95. The van der Waals surface area contributed by atoms with Crippen LogP contribution in [-0.2, 0) is 6.42 Å². The number of ketones is 1. The first-order chi connectivity index (χ1) is 8.66. The van der Waals surface area contributed by atoms with Gasteiger partial charge in [-0.05, 0) is 18.9 Å². The lowest BCUT2D eigenvalue weighted by atomic mass is 9.98. The van der Waals surface area contributed by atoms with Crippen molar-refractivity contribution in [3.8, 4) is 0 Å². The molecule has 0 aromatic heterocycles. The van der Waals surface area contributed by atoms with Gasteiger partial charge in [0.05, 0.1) is 6.04 Å². The van der Waals surface area contributed by atoms with Crippen LogP contribution < -0.4 is 5.73 Å². The molecule has 0 radical (unpaired) electrons. The van der Waals surface area contributed by atoms with Crippen LogP contribution in [0.25, 0.3) is 0 Å². The van der Waals surface area contributed by atoms with Crippen molar-refractivity contribution in [1.82, 2.24) is 0 Å². The first-order valence-electron chi connectivity index (χ1n) is 6.07. The first kappa shape index (κ1) is 12.5. The van der Waals surface area contributed by atoms with Gasteiger partial charge in [-0.1, -0.05) is 60.2 Å². The van der Waals surface area contributed by atoms with Gasteiger partial charge in [0.15, 0.2) is 5.78 Å². The summed E-state index contributed by atoms with van der Waals surface area (Å²) in [4.78, 5) is 12.1. The Morgan fingerprint density at radius 3 is 2.50 bits per heavy atom. The summed E-state index contributed by atoms with van der Waals surface area (Å²) in [6.45, 7) is 2.04. The molecule has 2 aromatic carbocycles. The number of aryl methyl sites for hydroxylation is 1. The second kappa shape index (κ2) is 5.61. The maximum atomic E-state index is 12.1. The van der Waals surface area contributed by atoms with E-state index in [4.69, 9.17) is 5.73 Å². The molecule has 0 aliphatic rings. The molecular weight excluding hydrogens is 222 g/mol. The highest BCUT2D eigenvalue weighted by Crippen LogP contribution is 2.09. The SMILES string of the molecule is Cc1cccc(CC(N)C(=O)c2ccccc2)c1. The largest absolute Gasteiger partial charge is 0.321 e. The molecule has 18 heavy (non-hydrogen) atoms. The first-order valence-corrected chi connectivity index (χ1v) is 6.07. The van der Waals surface area contributed by atoms with Gasteiger partial charge in [0.1, 0.15) is 0 Å². The summed E-state index contributed by atoms with van der Waals surface area (Å²) >= 11 is 0. The topological polar surface area (TPSA) is 43.1 Å². The molecule has 0 spiro atoms.